The van der Waals surface area contributed by atoms with Crippen molar-refractivity contribution in [2.45, 2.75) is 0 Å². The number of nitrogens with zero attached hydrogens (tertiary/aromatic N) is 1. The lowest BCUT2D eigenvalue weighted by atomic mass is 10.2. The second-order valence-electron chi connectivity index (χ2n) is 3.58. The van der Waals surface area contributed by atoms with Gasteiger partial charge >= 0.3 is 5.97 Å². The van der Waals surface area contributed by atoms with E-state index in [1.54, 1.807) is 30.5 Å². The van der Waals surface area contributed by atoms with Crippen LogP contribution in [-0.4, -0.2) is 22.0 Å². The number of anilines is 1. The van der Waals surface area contributed by atoms with Crippen molar-refractivity contribution < 1.29 is 14.7 Å². The van der Waals surface area contributed by atoms with Gasteiger partial charge in [0.2, 0.25) is 0 Å². The van der Waals surface area contributed by atoms with E-state index in [-0.39, 0.29) is 23.9 Å². The number of pyridine rings is 1. The predicted molar refractivity (Wildman–Crippen MR) is 72.8 cm³/mol. The van der Waals surface area contributed by atoms with Gasteiger partial charge in [-0.05, 0) is 30.3 Å². The van der Waals surface area contributed by atoms with Gasteiger partial charge in [-0.25, -0.2) is 4.79 Å². The molecule has 0 aliphatic heterocycles. The first kappa shape index (κ1) is 14.7. The Morgan fingerprint density at radius 2 is 1.84 bits per heavy atom. The summed E-state index contributed by atoms with van der Waals surface area (Å²) in [5.74, 6) is -1.36. The Kier molecular flexibility index (Phi) is 5.02. The summed E-state index contributed by atoms with van der Waals surface area (Å²) in [6, 6.07) is 9.34. The lowest BCUT2D eigenvalue weighted by Gasteiger charge is -2.05. The number of aromatic carboxylic acids is 1. The maximum atomic E-state index is 11.8. The highest BCUT2D eigenvalue weighted by Gasteiger charge is 2.07. The molecule has 0 aliphatic rings. The van der Waals surface area contributed by atoms with E-state index in [2.05, 4.69) is 10.3 Å². The van der Waals surface area contributed by atoms with Crippen molar-refractivity contribution in [3.8, 4) is 0 Å². The quantitative estimate of drug-likeness (QED) is 0.904. The van der Waals surface area contributed by atoms with Crippen molar-refractivity contribution in [1.82, 2.24) is 4.98 Å². The van der Waals surface area contributed by atoms with Crippen LogP contribution in [0.2, 0.25) is 0 Å². The minimum absolute atomic E-state index is 0. The van der Waals surface area contributed by atoms with E-state index < -0.39 is 5.97 Å². The molecule has 0 spiro atoms. The van der Waals surface area contributed by atoms with E-state index in [9.17, 15) is 9.59 Å². The van der Waals surface area contributed by atoms with E-state index in [0.29, 0.717) is 11.3 Å². The van der Waals surface area contributed by atoms with Crippen LogP contribution in [0.15, 0.2) is 48.8 Å². The summed E-state index contributed by atoms with van der Waals surface area (Å²) < 4.78 is 0. The molecule has 0 aliphatic carbocycles. The van der Waals surface area contributed by atoms with Gasteiger partial charge in [-0.1, -0.05) is 6.07 Å². The number of hydrogen-bond acceptors (Lipinski definition) is 3. The van der Waals surface area contributed by atoms with Crippen molar-refractivity contribution >= 4 is 30.0 Å². The minimum Gasteiger partial charge on any atom is -0.478 e. The van der Waals surface area contributed by atoms with Crippen LogP contribution in [-0.2, 0) is 0 Å². The Hall–Kier alpha value is -2.40. The number of amides is 1. The number of benzene rings is 1. The molecule has 6 heteroatoms. The van der Waals surface area contributed by atoms with Crippen LogP contribution in [0.5, 0.6) is 0 Å². The summed E-state index contributed by atoms with van der Waals surface area (Å²) >= 11 is 0. The monoisotopic (exact) mass is 278 g/mol. The average molecular weight is 279 g/mol. The summed E-state index contributed by atoms with van der Waals surface area (Å²) in [6.07, 6.45) is 3.01. The van der Waals surface area contributed by atoms with Gasteiger partial charge < -0.3 is 10.4 Å². The van der Waals surface area contributed by atoms with E-state index in [4.69, 9.17) is 5.11 Å². The van der Waals surface area contributed by atoms with Gasteiger partial charge in [-0.2, -0.15) is 0 Å². The van der Waals surface area contributed by atoms with Crippen LogP contribution in [0.1, 0.15) is 20.7 Å². The van der Waals surface area contributed by atoms with Gasteiger partial charge in [-0.3, -0.25) is 9.78 Å². The number of carbonyl (C=O) groups is 2. The molecule has 2 aromatic rings. The van der Waals surface area contributed by atoms with Gasteiger partial charge in [0, 0.05) is 18.1 Å². The highest BCUT2D eigenvalue weighted by molar-refractivity contribution is 6.04. The van der Waals surface area contributed by atoms with E-state index in [1.807, 2.05) is 0 Å². The molecule has 0 radical (unpaired) electrons. The van der Waals surface area contributed by atoms with Crippen LogP contribution in [0.3, 0.4) is 0 Å². The molecule has 2 rings (SSSR count). The standard InChI is InChI=1S/C13H10N2O3.ClH/c16-12(10-4-2-6-14-8-10)15-11-5-1-3-9(7-11)13(17)18;/h1-8H,(H,15,16)(H,17,18);1H. The zero-order chi connectivity index (χ0) is 13.0. The zero-order valence-electron chi connectivity index (χ0n) is 9.74. The maximum Gasteiger partial charge on any atom is 0.335 e. The molecule has 1 aromatic heterocycles. The van der Waals surface area contributed by atoms with Crippen LogP contribution < -0.4 is 5.32 Å². The zero-order valence-corrected chi connectivity index (χ0v) is 10.6. The predicted octanol–water partition coefficient (Wildman–Crippen LogP) is 2.45. The maximum absolute atomic E-state index is 11.8. The third-order valence-corrected chi connectivity index (χ3v) is 2.29. The summed E-state index contributed by atoms with van der Waals surface area (Å²) in [5.41, 5.74) is 0.973. The van der Waals surface area contributed by atoms with Crippen molar-refractivity contribution in [3.63, 3.8) is 0 Å². The number of carbonyl (C=O) groups excluding carboxylic acids is 1. The fraction of sp³-hybridized carbons (Fsp3) is 0. The number of carboxylic acid groups (broad SMARTS) is 1. The normalized spacial score (nSPS) is 9.26. The fourth-order valence-electron chi connectivity index (χ4n) is 1.43. The van der Waals surface area contributed by atoms with Crippen LogP contribution >= 0.6 is 12.4 Å². The molecule has 2 N–H and O–H groups in total. The molecule has 0 fully saturated rings. The first-order valence-electron chi connectivity index (χ1n) is 5.21. The Labute approximate surface area is 115 Å². The van der Waals surface area contributed by atoms with E-state index >= 15 is 0 Å². The molecule has 1 heterocycles. The molecule has 0 bridgehead atoms. The second-order valence-corrected chi connectivity index (χ2v) is 3.58. The molecular formula is C13H11ClN2O3. The first-order valence-corrected chi connectivity index (χ1v) is 5.21. The molecule has 5 nitrogen and oxygen atoms in total. The molecule has 0 unspecified atom stereocenters. The van der Waals surface area contributed by atoms with Crippen molar-refractivity contribution in [1.29, 1.82) is 0 Å². The third kappa shape index (κ3) is 3.79. The van der Waals surface area contributed by atoms with Crippen molar-refractivity contribution in [3.05, 3.63) is 59.9 Å². The molecule has 1 aromatic carbocycles. The molecule has 1 amide bonds. The number of nitrogens with one attached hydrogen (secondary N) is 1. The Morgan fingerprint density at radius 3 is 2.47 bits per heavy atom. The molecule has 19 heavy (non-hydrogen) atoms. The summed E-state index contributed by atoms with van der Waals surface area (Å²) in [5, 5.41) is 11.4. The van der Waals surface area contributed by atoms with Crippen molar-refractivity contribution in [2.75, 3.05) is 5.32 Å². The molecule has 98 valence electrons. The largest absolute Gasteiger partial charge is 0.478 e. The highest BCUT2D eigenvalue weighted by Crippen LogP contribution is 2.12. The first-order chi connectivity index (χ1) is 8.66. The average Bonchev–Trinajstić information content (AvgIpc) is 2.40. The smallest absolute Gasteiger partial charge is 0.335 e. The Bertz CT molecular complexity index is 587. The van der Waals surface area contributed by atoms with Crippen LogP contribution in [0.4, 0.5) is 5.69 Å². The number of halogens is 1. The lowest BCUT2D eigenvalue weighted by molar-refractivity contribution is 0.0696. The number of aromatic nitrogens is 1. The Morgan fingerprint density at radius 1 is 1.11 bits per heavy atom. The van der Waals surface area contributed by atoms with Crippen LogP contribution in [0.25, 0.3) is 0 Å². The van der Waals surface area contributed by atoms with E-state index in [1.165, 1.54) is 18.3 Å². The SMILES string of the molecule is Cl.O=C(O)c1cccc(NC(=O)c2cccnc2)c1. The van der Waals surface area contributed by atoms with Gasteiger partial charge in [0.1, 0.15) is 0 Å². The van der Waals surface area contributed by atoms with Gasteiger partial charge in [-0.15, -0.1) is 12.4 Å². The number of hydrogen-bond donors (Lipinski definition) is 2. The van der Waals surface area contributed by atoms with Crippen molar-refractivity contribution in [2.24, 2.45) is 0 Å². The van der Waals surface area contributed by atoms with Gasteiger partial charge in [0.05, 0.1) is 11.1 Å². The van der Waals surface area contributed by atoms with E-state index in [0.717, 1.165) is 0 Å². The number of rotatable bonds is 3. The molecule has 0 atom stereocenters. The summed E-state index contributed by atoms with van der Waals surface area (Å²) in [6.45, 7) is 0. The second kappa shape index (κ2) is 6.51. The third-order valence-electron chi connectivity index (χ3n) is 2.29. The minimum atomic E-state index is -1.03. The summed E-state index contributed by atoms with van der Waals surface area (Å²) in [7, 11) is 0. The Balaban J connectivity index is 0.00000180. The van der Waals surface area contributed by atoms with Gasteiger partial charge in [0.25, 0.3) is 5.91 Å². The topological polar surface area (TPSA) is 79.3 Å². The number of carboxylic acids is 1. The van der Waals surface area contributed by atoms with Gasteiger partial charge in [0.15, 0.2) is 0 Å². The molecule has 0 saturated heterocycles. The molecular weight excluding hydrogens is 268 g/mol. The summed E-state index contributed by atoms with van der Waals surface area (Å²) in [4.78, 5) is 26.4. The lowest BCUT2D eigenvalue weighted by Crippen LogP contribution is -2.12. The fourth-order valence-corrected chi connectivity index (χ4v) is 1.43. The molecule has 0 saturated carbocycles. The highest BCUT2D eigenvalue weighted by atomic mass is 35.5. The van der Waals surface area contributed by atoms with Crippen LogP contribution in [0, 0.1) is 0 Å².